The summed E-state index contributed by atoms with van der Waals surface area (Å²) < 4.78 is 4.97. The van der Waals surface area contributed by atoms with E-state index in [1.807, 2.05) is 6.07 Å². The van der Waals surface area contributed by atoms with Gasteiger partial charge in [-0.3, -0.25) is 14.6 Å². The van der Waals surface area contributed by atoms with Crippen molar-refractivity contribution in [3.63, 3.8) is 0 Å². The minimum absolute atomic E-state index is 0.00831. The highest BCUT2D eigenvalue weighted by Crippen LogP contribution is 2.25. The van der Waals surface area contributed by atoms with Crippen LogP contribution in [0.1, 0.15) is 17.5 Å². The van der Waals surface area contributed by atoms with Gasteiger partial charge in [-0.2, -0.15) is 5.10 Å². The van der Waals surface area contributed by atoms with Crippen molar-refractivity contribution in [2.45, 2.75) is 13.0 Å². The third-order valence-electron chi connectivity index (χ3n) is 3.14. The van der Waals surface area contributed by atoms with Crippen molar-refractivity contribution in [3.05, 3.63) is 53.9 Å². The first kappa shape index (κ1) is 17.9. The molecule has 2 aromatic rings. The smallest absolute Gasteiger partial charge is 0.249 e. The molecule has 0 unspecified atom stereocenters. The quantitative estimate of drug-likeness (QED) is 0.394. The van der Waals surface area contributed by atoms with Gasteiger partial charge in [-0.15, -0.1) is 0 Å². The van der Waals surface area contributed by atoms with E-state index in [4.69, 9.17) is 4.74 Å². The van der Waals surface area contributed by atoms with Crippen LogP contribution < -0.4 is 15.5 Å². The van der Waals surface area contributed by atoms with Crippen molar-refractivity contribution >= 4 is 18.0 Å². The van der Waals surface area contributed by atoms with Gasteiger partial charge in [0.1, 0.15) is 6.42 Å². The lowest BCUT2D eigenvalue weighted by atomic mass is 10.2. The monoisotopic (exact) mass is 342 g/mol. The molecule has 2 rings (SSSR count). The van der Waals surface area contributed by atoms with Crippen LogP contribution in [0.2, 0.25) is 0 Å². The number of phenolic OH excluding ortho intramolecular Hbond substituents is 1. The van der Waals surface area contributed by atoms with Crippen LogP contribution in [-0.2, 0) is 16.1 Å². The number of ether oxygens (including phenoxy) is 1. The van der Waals surface area contributed by atoms with Crippen LogP contribution in [0.4, 0.5) is 0 Å². The van der Waals surface area contributed by atoms with E-state index < -0.39 is 11.8 Å². The Labute approximate surface area is 144 Å². The Balaban J connectivity index is 1.77. The van der Waals surface area contributed by atoms with E-state index in [1.165, 1.54) is 19.4 Å². The molecule has 130 valence electrons. The van der Waals surface area contributed by atoms with E-state index in [1.54, 1.807) is 30.6 Å². The molecule has 0 saturated carbocycles. The maximum atomic E-state index is 11.7. The number of hydrogen-bond acceptors (Lipinski definition) is 6. The molecule has 2 amide bonds. The molecule has 0 bridgehead atoms. The lowest BCUT2D eigenvalue weighted by Crippen LogP contribution is -2.29. The minimum Gasteiger partial charge on any atom is -0.504 e. The molecule has 0 atom stereocenters. The molecule has 0 fully saturated rings. The zero-order valence-corrected chi connectivity index (χ0v) is 13.6. The van der Waals surface area contributed by atoms with E-state index in [0.717, 1.165) is 5.56 Å². The normalized spacial score (nSPS) is 10.4. The SMILES string of the molecule is COc1cc(/C=N\NC(=O)CC(=O)NCc2cccnc2)ccc1O. The predicted octanol–water partition coefficient (Wildman–Crippen LogP) is 0.952. The van der Waals surface area contributed by atoms with E-state index in [-0.39, 0.29) is 12.2 Å². The first-order valence-corrected chi connectivity index (χ1v) is 7.43. The van der Waals surface area contributed by atoms with Gasteiger partial charge in [0.05, 0.1) is 13.3 Å². The largest absolute Gasteiger partial charge is 0.504 e. The Kier molecular flexibility index (Phi) is 6.47. The number of aromatic nitrogens is 1. The summed E-state index contributed by atoms with van der Waals surface area (Å²) in [6.45, 7) is 0.302. The van der Waals surface area contributed by atoms with Crippen LogP contribution in [-0.4, -0.2) is 35.2 Å². The number of nitrogens with zero attached hydrogens (tertiary/aromatic N) is 2. The van der Waals surface area contributed by atoms with Gasteiger partial charge in [0.2, 0.25) is 11.8 Å². The number of methoxy groups -OCH3 is 1. The van der Waals surface area contributed by atoms with Gasteiger partial charge >= 0.3 is 0 Å². The standard InChI is InChI=1S/C17H18N4O4/c1-25-15-7-12(4-5-14(15)22)11-20-21-17(24)8-16(23)19-10-13-3-2-6-18-9-13/h2-7,9,11,22H,8,10H2,1H3,(H,19,23)(H,21,24)/b20-11-. The molecule has 0 radical (unpaired) electrons. The van der Waals surface area contributed by atoms with Crippen LogP contribution in [0.25, 0.3) is 0 Å². The van der Waals surface area contributed by atoms with Gasteiger partial charge in [-0.1, -0.05) is 6.07 Å². The third kappa shape index (κ3) is 5.94. The summed E-state index contributed by atoms with van der Waals surface area (Å²) in [6.07, 6.45) is 4.32. The van der Waals surface area contributed by atoms with E-state index >= 15 is 0 Å². The summed E-state index contributed by atoms with van der Waals surface area (Å²) in [5, 5.41) is 15.9. The van der Waals surface area contributed by atoms with Crippen LogP contribution in [0.3, 0.4) is 0 Å². The number of phenols is 1. The Hall–Kier alpha value is -3.42. The molecule has 0 aliphatic heterocycles. The molecular weight excluding hydrogens is 324 g/mol. The third-order valence-corrected chi connectivity index (χ3v) is 3.14. The number of carbonyl (C=O) groups is 2. The maximum Gasteiger partial charge on any atom is 0.249 e. The number of rotatable bonds is 7. The van der Waals surface area contributed by atoms with Crippen LogP contribution in [0.15, 0.2) is 47.8 Å². The van der Waals surface area contributed by atoms with Gasteiger partial charge in [-0.25, -0.2) is 5.43 Å². The van der Waals surface area contributed by atoms with Crippen molar-refractivity contribution < 1.29 is 19.4 Å². The van der Waals surface area contributed by atoms with Gasteiger partial charge in [0.15, 0.2) is 11.5 Å². The molecular formula is C17H18N4O4. The first-order chi connectivity index (χ1) is 12.1. The predicted molar refractivity (Wildman–Crippen MR) is 91.1 cm³/mol. The zero-order valence-electron chi connectivity index (χ0n) is 13.6. The zero-order chi connectivity index (χ0) is 18.1. The van der Waals surface area contributed by atoms with Crippen molar-refractivity contribution in [2.75, 3.05) is 7.11 Å². The molecule has 0 aliphatic carbocycles. The van der Waals surface area contributed by atoms with Gasteiger partial charge in [0.25, 0.3) is 0 Å². The number of nitrogens with one attached hydrogen (secondary N) is 2. The van der Waals surface area contributed by atoms with Crippen molar-refractivity contribution in [2.24, 2.45) is 5.10 Å². The second kappa shape index (κ2) is 9.02. The fourth-order valence-electron chi connectivity index (χ4n) is 1.90. The molecule has 8 heteroatoms. The fourth-order valence-corrected chi connectivity index (χ4v) is 1.90. The van der Waals surface area contributed by atoms with Crippen molar-refractivity contribution in [1.82, 2.24) is 15.7 Å². The molecule has 0 aliphatic rings. The van der Waals surface area contributed by atoms with E-state index in [9.17, 15) is 14.7 Å². The summed E-state index contributed by atoms with van der Waals surface area (Å²) >= 11 is 0. The van der Waals surface area contributed by atoms with Gasteiger partial charge in [-0.05, 0) is 35.4 Å². The maximum absolute atomic E-state index is 11.7. The molecule has 0 saturated heterocycles. The molecule has 1 aromatic heterocycles. The lowest BCUT2D eigenvalue weighted by Gasteiger charge is -2.05. The minimum atomic E-state index is -0.536. The summed E-state index contributed by atoms with van der Waals surface area (Å²) in [7, 11) is 1.43. The topological polar surface area (TPSA) is 113 Å². The summed E-state index contributed by atoms with van der Waals surface area (Å²) in [5.74, 6) is -0.646. The Bertz CT molecular complexity index is 762. The molecule has 3 N–H and O–H groups in total. The summed E-state index contributed by atoms with van der Waals surface area (Å²) in [4.78, 5) is 27.3. The lowest BCUT2D eigenvalue weighted by molar-refractivity contribution is -0.129. The summed E-state index contributed by atoms with van der Waals surface area (Å²) in [6, 6.07) is 8.21. The number of amides is 2. The van der Waals surface area contributed by atoms with Gasteiger partial charge < -0.3 is 15.2 Å². The number of pyridine rings is 1. The first-order valence-electron chi connectivity index (χ1n) is 7.43. The highest BCUT2D eigenvalue weighted by atomic mass is 16.5. The number of hydrogen-bond donors (Lipinski definition) is 3. The van der Waals surface area contributed by atoms with E-state index in [0.29, 0.717) is 17.9 Å². The average Bonchev–Trinajstić information content (AvgIpc) is 2.62. The van der Waals surface area contributed by atoms with Crippen molar-refractivity contribution in [1.29, 1.82) is 0 Å². The molecule has 1 heterocycles. The van der Waals surface area contributed by atoms with E-state index in [2.05, 4.69) is 20.8 Å². The number of hydrazone groups is 1. The fraction of sp³-hybridized carbons (Fsp3) is 0.176. The number of aromatic hydroxyl groups is 1. The van der Waals surface area contributed by atoms with Crippen LogP contribution in [0.5, 0.6) is 11.5 Å². The van der Waals surface area contributed by atoms with Crippen LogP contribution >= 0.6 is 0 Å². The Morgan fingerprint density at radius 3 is 2.88 bits per heavy atom. The highest BCUT2D eigenvalue weighted by Gasteiger charge is 2.08. The molecule has 25 heavy (non-hydrogen) atoms. The highest BCUT2D eigenvalue weighted by molar-refractivity contribution is 5.97. The molecule has 0 spiro atoms. The second-order valence-corrected chi connectivity index (χ2v) is 5.04. The van der Waals surface area contributed by atoms with Crippen molar-refractivity contribution in [3.8, 4) is 11.5 Å². The number of benzene rings is 1. The molecule has 8 nitrogen and oxygen atoms in total. The molecule has 1 aromatic carbocycles. The average molecular weight is 342 g/mol. The van der Waals surface area contributed by atoms with Crippen LogP contribution in [0, 0.1) is 0 Å². The summed E-state index contributed by atoms with van der Waals surface area (Å²) in [5.41, 5.74) is 3.73. The Morgan fingerprint density at radius 2 is 2.16 bits per heavy atom. The Morgan fingerprint density at radius 1 is 1.32 bits per heavy atom. The van der Waals surface area contributed by atoms with Gasteiger partial charge in [0, 0.05) is 18.9 Å². The second-order valence-electron chi connectivity index (χ2n) is 5.04. The number of carbonyl (C=O) groups excluding carboxylic acids is 2.